The highest BCUT2D eigenvalue weighted by Gasteiger charge is 2.06. The lowest BCUT2D eigenvalue weighted by atomic mass is 10.2. The molecule has 0 amide bonds. The van der Waals surface area contributed by atoms with Gasteiger partial charge in [-0.3, -0.25) is 0 Å². The molecule has 1 N–H and O–H groups in total. The Morgan fingerprint density at radius 2 is 1.56 bits per heavy atom. The highest BCUT2D eigenvalue weighted by molar-refractivity contribution is 7.91. The van der Waals surface area contributed by atoms with Gasteiger partial charge in [0.1, 0.15) is 9.84 Å². The van der Waals surface area contributed by atoms with Crippen LogP contribution in [-0.4, -0.2) is 41.6 Å². The van der Waals surface area contributed by atoms with Gasteiger partial charge < -0.3 is 5.32 Å². The molecule has 7 heteroatoms. The van der Waals surface area contributed by atoms with Gasteiger partial charge in [-0.2, -0.15) is 0 Å². The van der Waals surface area contributed by atoms with Crippen molar-refractivity contribution in [2.75, 3.05) is 24.8 Å². The molecule has 1 aromatic rings. The second kappa shape index (κ2) is 5.81. The lowest BCUT2D eigenvalue weighted by molar-refractivity contribution is 0.595. The highest BCUT2D eigenvalue weighted by Crippen LogP contribution is 2.09. The molecule has 0 saturated carbocycles. The Bertz CT molecular complexity index is 588. The number of sulfone groups is 2. The van der Waals surface area contributed by atoms with Crippen molar-refractivity contribution < 1.29 is 16.8 Å². The van der Waals surface area contributed by atoms with Gasteiger partial charge in [0.25, 0.3) is 0 Å². The predicted molar refractivity (Wildman–Crippen MR) is 71.0 cm³/mol. The number of rotatable bonds is 6. The minimum atomic E-state index is -3.16. The van der Waals surface area contributed by atoms with E-state index in [2.05, 4.69) is 5.32 Å². The average molecular weight is 291 g/mol. The van der Waals surface area contributed by atoms with Crippen molar-refractivity contribution in [3.05, 3.63) is 29.8 Å². The minimum Gasteiger partial charge on any atom is -0.312 e. The molecule has 0 unspecified atom stereocenters. The van der Waals surface area contributed by atoms with Crippen LogP contribution in [0.25, 0.3) is 0 Å². The molecule has 0 bridgehead atoms. The molecule has 18 heavy (non-hydrogen) atoms. The van der Waals surface area contributed by atoms with E-state index < -0.39 is 19.7 Å². The van der Waals surface area contributed by atoms with Gasteiger partial charge in [0.05, 0.1) is 10.6 Å². The van der Waals surface area contributed by atoms with E-state index in [1.54, 1.807) is 24.3 Å². The maximum Gasteiger partial charge on any atom is 0.175 e. The zero-order valence-electron chi connectivity index (χ0n) is 10.4. The molecule has 5 nitrogen and oxygen atoms in total. The van der Waals surface area contributed by atoms with Crippen molar-refractivity contribution in [1.29, 1.82) is 0 Å². The third kappa shape index (κ3) is 5.61. The van der Waals surface area contributed by atoms with E-state index in [0.29, 0.717) is 13.1 Å². The molecule has 0 saturated heterocycles. The molecule has 1 rings (SSSR count). The number of nitrogens with one attached hydrogen (secondary N) is 1. The van der Waals surface area contributed by atoms with E-state index >= 15 is 0 Å². The van der Waals surface area contributed by atoms with E-state index in [0.717, 1.165) is 11.8 Å². The third-order valence-electron chi connectivity index (χ3n) is 2.33. The molecule has 0 fully saturated rings. The van der Waals surface area contributed by atoms with E-state index in [1.807, 2.05) is 0 Å². The maximum absolute atomic E-state index is 11.2. The molecule has 0 aromatic heterocycles. The fraction of sp³-hybridized carbons (Fsp3) is 0.455. The van der Waals surface area contributed by atoms with E-state index in [4.69, 9.17) is 0 Å². The summed E-state index contributed by atoms with van der Waals surface area (Å²) in [4.78, 5) is 0.280. The van der Waals surface area contributed by atoms with Crippen LogP contribution in [0.4, 0.5) is 0 Å². The van der Waals surface area contributed by atoms with Crippen LogP contribution in [0.3, 0.4) is 0 Å². The van der Waals surface area contributed by atoms with Gasteiger partial charge in [0.15, 0.2) is 9.84 Å². The molecular weight excluding hydrogens is 274 g/mol. The molecule has 0 spiro atoms. The van der Waals surface area contributed by atoms with Gasteiger partial charge in [-0.1, -0.05) is 12.1 Å². The molecule has 1 aromatic carbocycles. The zero-order chi connectivity index (χ0) is 13.8. The minimum absolute atomic E-state index is 0.0917. The highest BCUT2D eigenvalue weighted by atomic mass is 32.2. The fourth-order valence-electron chi connectivity index (χ4n) is 1.34. The predicted octanol–water partition coefficient (Wildman–Crippen LogP) is 0.224. The van der Waals surface area contributed by atoms with Gasteiger partial charge in [0.2, 0.25) is 0 Å². The normalized spacial score (nSPS) is 12.6. The standard InChI is InChI=1S/C11H17NO4S2/c1-17(13,14)8-7-12-9-10-3-5-11(6-4-10)18(2,15)16/h3-6,12H,7-9H2,1-2H3. The Hall–Kier alpha value is -0.920. The zero-order valence-corrected chi connectivity index (χ0v) is 12.0. The van der Waals surface area contributed by atoms with Crippen molar-refractivity contribution in [3.8, 4) is 0 Å². The van der Waals surface area contributed by atoms with Gasteiger partial charge >= 0.3 is 0 Å². The Morgan fingerprint density at radius 1 is 1.00 bits per heavy atom. The average Bonchev–Trinajstić information content (AvgIpc) is 2.22. The first-order chi connectivity index (χ1) is 8.18. The summed E-state index contributed by atoms with van der Waals surface area (Å²) in [7, 11) is -6.11. The van der Waals surface area contributed by atoms with Crippen LogP contribution < -0.4 is 5.32 Å². The van der Waals surface area contributed by atoms with Crippen LogP contribution in [0.2, 0.25) is 0 Å². The molecule has 102 valence electrons. The summed E-state index contributed by atoms with van der Waals surface area (Å²) in [5.74, 6) is 0.0917. The first kappa shape index (κ1) is 15.1. The fourth-order valence-corrected chi connectivity index (χ4v) is 2.49. The lowest BCUT2D eigenvalue weighted by Gasteiger charge is -2.05. The Morgan fingerprint density at radius 3 is 2.00 bits per heavy atom. The first-order valence-electron chi connectivity index (χ1n) is 5.36. The van der Waals surface area contributed by atoms with Crippen LogP contribution in [-0.2, 0) is 26.2 Å². The van der Waals surface area contributed by atoms with E-state index in [1.165, 1.54) is 6.26 Å². The Kier molecular flexibility index (Phi) is 4.89. The summed E-state index contributed by atoms with van der Waals surface area (Å²) in [5.41, 5.74) is 0.913. The molecule has 0 aliphatic heterocycles. The lowest BCUT2D eigenvalue weighted by Crippen LogP contribution is -2.21. The van der Waals surface area contributed by atoms with Crippen LogP contribution in [0.1, 0.15) is 5.56 Å². The van der Waals surface area contributed by atoms with Gasteiger partial charge in [0, 0.05) is 25.6 Å². The summed E-state index contributed by atoms with van der Waals surface area (Å²) >= 11 is 0. The quantitative estimate of drug-likeness (QED) is 0.759. The van der Waals surface area contributed by atoms with Gasteiger partial charge in [-0.05, 0) is 17.7 Å². The van der Waals surface area contributed by atoms with Crippen LogP contribution in [0.15, 0.2) is 29.2 Å². The Labute approximate surface area is 108 Å². The largest absolute Gasteiger partial charge is 0.312 e. The molecule has 0 atom stereocenters. The third-order valence-corrected chi connectivity index (χ3v) is 4.40. The van der Waals surface area contributed by atoms with Gasteiger partial charge in [-0.15, -0.1) is 0 Å². The first-order valence-corrected chi connectivity index (χ1v) is 9.31. The van der Waals surface area contributed by atoms with Crippen molar-refractivity contribution in [2.24, 2.45) is 0 Å². The number of hydrogen-bond donors (Lipinski definition) is 1. The summed E-state index contributed by atoms with van der Waals surface area (Å²) in [6.07, 6.45) is 2.35. The Balaban J connectivity index is 2.50. The smallest absolute Gasteiger partial charge is 0.175 e. The van der Waals surface area contributed by atoms with Crippen LogP contribution >= 0.6 is 0 Å². The van der Waals surface area contributed by atoms with Crippen LogP contribution in [0.5, 0.6) is 0 Å². The summed E-state index contributed by atoms with van der Waals surface area (Å²) in [6.45, 7) is 0.895. The maximum atomic E-state index is 11.2. The van der Waals surface area contributed by atoms with Crippen molar-refractivity contribution in [1.82, 2.24) is 5.32 Å². The molecule has 0 aliphatic carbocycles. The summed E-state index contributed by atoms with van der Waals surface area (Å²) in [5, 5.41) is 2.99. The number of benzene rings is 1. The second-order valence-corrected chi connectivity index (χ2v) is 8.50. The second-order valence-electron chi connectivity index (χ2n) is 4.22. The SMILES string of the molecule is CS(=O)(=O)CCNCc1ccc(S(C)(=O)=O)cc1. The van der Waals surface area contributed by atoms with Crippen molar-refractivity contribution >= 4 is 19.7 Å². The summed E-state index contributed by atoms with van der Waals surface area (Å²) < 4.78 is 44.2. The summed E-state index contributed by atoms with van der Waals surface area (Å²) in [6, 6.07) is 6.51. The molecular formula is C11H17NO4S2. The molecule has 0 radical (unpaired) electrons. The topological polar surface area (TPSA) is 80.3 Å². The van der Waals surface area contributed by atoms with E-state index in [-0.39, 0.29) is 10.6 Å². The van der Waals surface area contributed by atoms with Gasteiger partial charge in [-0.25, -0.2) is 16.8 Å². The molecule has 0 heterocycles. The number of hydrogen-bond acceptors (Lipinski definition) is 5. The van der Waals surface area contributed by atoms with Crippen LogP contribution in [0, 0.1) is 0 Å². The van der Waals surface area contributed by atoms with Crippen molar-refractivity contribution in [2.45, 2.75) is 11.4 Å². The van der Waals surface area contributed by atoms with Crippen molar-refractivity contribution in [3.63, 3.8) is 0 Å². The molecule has 0 aliphatic rings. The monoisotopic (exact) mass is 291 g/mol. The van der Waals surface area contributed by atoms with E-state index in [9.17, 15) is 16.8 Å².